The molecule has 26 heavy (non-hydrogen) atoms. The molecule has 0 saturated heterocycles. The second kappa shape index (κ2) is 7.27. The third kappa shape index (κ3) is 2.98. The predicted octanol–water partition coefficient (Wildman–Crippen LogP) is 2.93. The van der Waals surface area contributed by atoms with E-state index in [1.165, 1.54) is 18.8 Å². The third-order valence-electron chi connectivity index (χ3n) is 4.19. The second-order valence-corrected chi connectivity index (χ2v) is 6.11. The van der Waals surface area contributed by atoms with Crippen LogP contribution in [-0.4, -0.2) is 49.1 Å². The summed E-state index contributed by atoms with van der Waals surface area (Å²) in [7, 11) is 3.04. The molecule has 2 aliphatic rings. The van der Waals surface area contributed by atoms with Crippen LogP contribution in [0.3, 0.4) is 0 Å². The van der Waals surface area contributed by atoms with E-state index in [0.29, 0.717) is 27.8 Å². The minimum atomic E-state index is -0.506. The van der Waals surface area contributed by atoms with Crippen molar-refractivity contribution in [3.05, 3.63) is 65.4 Å². The number of methoxy groups -OCH3 is 2. The standard InChI is InChI=1S/C19H18ClN2O4/c1-4-9-21-15-11-17(26-3)16(25-2)10-14(15)18(23)22(19(21)24)13-7-5-12(20)6-8-13/h4-8,10-11,16H,1,9H2,2-3H3/q+1. The van der Waals surface area contributed by atoms with Crippen molar-refractivity contribution in [2.75, 3.05) is 25.7 Å². The molecule has 0 saturated carbocycles. The van der Waals surface area contributed by atoms with E-state index >= 15 is 0 Å². The summed E-state index contributed by atoms with van der Waals surface area (Å²) >= 11 is 5.92. The molecule has 0 aromatic heterocycles. The number of carbonyl (C=O) groups is 2. The van der Waals surface area contributed by atoms with E-state index in [9.17, 15) is 9.59 Å². The van der Waals surface area contributed by atoms with Crippen LogP contribution in [-0.2, 0) is 14.3 Å². The molecule has 3 rings (SSSR count). The maximum absolute atomic E-state index is 13.1. The van der Waals surface area contributed by atoms with Crippen LogP contribution >= 0.6 is 11.6 Å². The monoisotopic (exact) mass is 373 g/mol. The summed E-state index contributed by atoms with van der Waals surface area (Å²) in [6, 6.07) is 6.05. The number of imide groups is 1. The van der Waals surface area contributed by atoms with Gasteiger partial charge in [-0.25, -0.2) is 4.79 Å². The van der Waals surface area contributed by atoms with Crippen molar-refractivity contribution in [1.29, 1.82) is 0 Å². The first-order valence-electron chi connectivity index (χ1n) is 7.91. The fourth-order valence-electron chi connectivity index (χ4n) is 2.93. The van der Waals surface area contributed by atoms with Gasteiger partial charge in [-0.15, -0.1) is 4.90 Å². The molecule has 0 fully saturated rings. The fourth-order valence-corrected chi connectivity index (χ4v) is 3.06. The Hall–Kier alpha value is -2.70. The Balaban J connectivity index is 2.18. The Bertz CT molecular complexity index is 868. The molecule has 3 amide bonds. The molecular weight excluding hydrogens is 356 g/mol. The fraction of sp³-hybridized carbons (Fsp3) is 0.211. The van der Waals surface area contributed by atoms with Gasteiger partial charge in [-0.3, -0.25) is 0 Å². The molecule has 134 valence electrons. The molecule has 1 aromatic rings. The normalized spacial score (nSPS) is 19.8. The van der Waals surface area contributed by atoms with Gasteiger partial charge in [0.2, 0.25) is 0 Å². The summed E-state index contributed by atoms with van der Waals surface area (Å²) in [6.07, 6.45) is 4.40. The number of benzene rings is 1. The number of anilines is 1. The van der Waals surface area contributed by atoms with Crippen LogP contribution in [0.1, 0.15) is 0 Å². The number of allylic oxidation sites excluding steroid dienone is 1. The summed E-state index contributed by atoms with van der Waals surface area (Å²) in [5.41, 5.74) is 1.28. The van der Waals surface area contributed by atoms with E-state index in [1.54, 1.807) is 42.5 Å². The number of hydrogen-bond donors (Lipinski definition) is 0. The van der Waals surface area contributed by atoms with Gasteiger partial charge in [0.05, 0.1) is 7.11 Å². The van der Waals surface area contributed by atoms with Crippen molar-refractivity contribution in [3.63, 3.8) is 0 Å². The molecule has 6 nitrogen and oxygen atoms in total. The van der Waals surface area contributed by atoms with Crippen molar-refractivity contribution in [2.24, 2.45) is 0 Å². The molecule has 1 aliphatic carbocycles. The Kier molecular flexibility index (Phi) is 5.06. The number of carbonyl (C=O) groups excluding carboxylic acids is 2. The van der Waals surface area contributed by atoms with E-state index in [4.69, 9.17) is 21.1 Å². The summed E-state index contributed by atoms with van der Waals surface area (Å²) in [6.45, 7) is 3.95. The zero-order valence-electron chi connectivity index (χ0n) is 14.4. The summed E-state index contributed by atoms with van der Waals surface area (Å²) in [5, 5.41) is 0.518. The molecule has 1 heterocycles. The number of fused-ring (bicyclic) bond motifs is 1. The number of halogens is 1. The van der Waals surface area contributed by atoms with Crippen LogP contribution < -0.4 is 4.90 Å². The zero-order valence-corrected chi connectivity index (χ0v) is 15.2. The topological polar surface area (TPSA) is 58.9 Å². The van der Waals surface area contributed by atoms with E-state index in [2.05, 4.69) is 6.58 Å². The van der Waals surface area contributed by atoms with Crippen molar-refractivity contribution >= 4 is 34.9 Å². The highest BCUT2D eigenvalue weighted by molar-refractivity contribution is 6.36. The first kappa shape index (κ1) is 18.1. The predicted molar refractivity (Wildman–Crippen MR) is 98.6 cm³/mol. The Morgan fingerprint density at radius 1 is 1.27 bits per heavy atom. The highest BCUT2D eigenvalue weighted by atomic mass is 35.5. The number of rotatable bonds is 5. The molecule has 0 radical (unpaired) electrons. The number of ether oxygens (including phenoxy) is 2. The molecule has 0 N–H and O–H groups in total. The first-order valence-corrected chi connectivity index (χ1v) is 8.29. The summed E-state index contributed by atoms with van der Waals surface area (Å²) in [5.74, 6) is 0.0851. The second-order valence-electron chi connectivity index (χ2n) is 5.67. The summed E-state index contributed by atoms with van der Waals surface area (Å²) < 4.78 is 12.2. The average Bonchev–Trinajstić information content (AvgIpc) is 2.65. The van der Waals surface area contributed by atoms with E-state index < -0.39 is 18.0 Å². The van der Waals surface area contributed by atoms with E-state index in [-0.39, 0.29) is 6.54 Å². The lowest BCUT2D eigenvalue weighted by Gasteiger charge is -2.27. The smallest absolute Gasteiger partial charge is 0.498 e. The van der Waals surface area contributed by atoms with Crippen LogP contribution in [0.4, 0.5) is 10.5 Å². The zero-order chi connectivity index (χ0) is 18.8. The highest BCUT2D eigenvalue weighted by Gasteiger charge is 2.47. The van der Waals surface area contributed by atoms with Gasteiger partial charge < -0.3 is 9.47 Å². The third-order valence-corrected chi connectivity index (χ3v) is 4.44. The maximum atomic E-state index is 13.1. The van der Waals surface area contributed by atoms with Crippen LogP contribution in [0.15, 0.2) is 60.4 Å². The van der Waals surface area contributed by atoms with Gasteiger partial charge >= 0.3 is 11.9 Å². The maximum Gasteiger partial charge on any atom is 0.506 e. The summed E-state index contributed by atoms with van der Waals surface area (Å²) in [4.78, 5) is 27.2. The Morgan fingerprint density at radius 2 is 1.96 bits per heavy atom. The molecule has 1 aliphatic heterocycles. The van der Waals surface area contributed by atoms with Crippen molar-refractivity contribution in [2.45, 2.75) is 6.10 Å². The molecule has 7 heteroatoms. The lowest BCUT2D eigenvalue weighted by atomic mass is 9.96. The van der Waals surface area contributed by atoms with Gasteiger partial charge in [-0.1, -0.05) is 24.3 Å². The minimum Gasteiger partial charge on any atom is -0.498 e. The lowest BCUT2D eigenvalue weighted by Crippen LogP contribution is -2.52. The Morgan fingerprint density at radius 3 is 2.54 bits per heavy atom. The van der Waals surface area contributed by atoms with Crippen LogP contribution in [0.2, 0.25) is 5.02 Å². The number of urea groups is 1. The largest absolute Gasteiger partial charge is 0.506 e. The van der Waals surface area contributed by atoms with E-state index in [1.807, 2.05) is 0 Å². The molecular formula is C19H18ClN2O4+. The van der Waals surface area contributed by atoms with Gasteiger partial charge in [-0.2, -0.15) is 9.37 Å². The average molecular weight is 374 g/mol. The molecule has 1 aromatic carbocycles. The van der Waals surface area contributed by atoms with E-state index in [0.717, 1.165) is 4.90 Å². The van der Waals surface area contributed by atoms with Gasteiger partial charge in [-0.05, 0) is 30.3 Å². The number of hydrogen-bond acceptors (Lipinski definition) is 4. The van der Waals surface area contributed by atoms with Crippen molar-refractivity contribution in [1.82, 2.24) is 0 Å². The quantitative estimate of drug-likeness (QED) is 0.588. The number of amides is 3. The van der Waals surface area contributed by atoms with Gasteiger partial charge in [0, 0.05) is 18.2 Å². The van der Waals surface area contributed by atoms with Crippen molar-refractivity contribution < 1.29 is 23.6 Å². The molecule has 1 unspecified atom stereocenters. The van der Waals surface area contributed by atoms with Crippen LogP contribution in [0, 0.1) is 0 Å². The number of nitrogens with zero attached hydrogens (tertiary/aromatic N) is 2. The minimum absolute atomic E-state index is 0.244. The molecule has 1 atom stereocenters. The van der Waals surface area contributed by atoms with Gasteiger partial charge in [0.15, 0.2) is 0 Å². The first-order chi connectivity index (χ1) is 12.5. The molecule has 0 spiro atoms. The van der Waals surface area contributed by atoms with Crippen LogP contribution in [0.5, 0.6) is 0 Å². The van der Waals surface area contributed by atoms with Crippen molar-refractivity contribution in [3.8, 4) is 0 Å². The van der Waals surface area contributed by atoms with Gasteiger partial charge in [0.25, 0.3) is 0 Å². The lowest BCUT2D eigenvalue weighted by molar-refractivity contribution is -0.413. The SMILES string of the molecule is C=CC[N+]1=C2C=C(OC)C(OC)C=C2C(=O)N(c2ccc(Cl)cc2)C1=O. The van der Waals surface area contributed by atoms with Crippen LogP contribution in [0.25, 0.3) is 0 Å². The van der Waals surface area contributed by atoms with Gasteiger partial charge in [0.1, 0.15) is 35.4 Å². The highest BCUT2D eigenvalue weighted by Crippen LogP contribution is 2.28. The Labute approximate surface area is 156 Å². The molecule has 0 bridgehead atoms.